The van der Waals surface area contributed by atoms with Gasteiger partial charge in [-0.1, -0.05) is 6.07 Å². The number of aryl methyl sites for hydroxylation is 1. The molecule has 0 aromatic heterocycles. The number of carbonyl (C=O) groups excluding carboxylic acids is 2. The zero-order valence-electron chi connectivity index (χ0n) is 9.05. The third-order valence-electron chi connectivity index (χ3n) is 2.03. The molecule has 0 aliphatic carbocycles. The number of anilines is 1. The number of rotatable bonds is 2. The molecule has 0 aliphatic rings. The second kappa shape index (κ2) is 4.59. The summed E-state index contributed by atoms with van der Waals surface area (Å²) in [4.78, 5) is 22.3. The fourth-order valence-corrected chi connectivity index (χ4v) is 1.28. The van der Waals surface area contributed by atoms with Crippen molar-refractivity contribution in [3.63, 3.8) is 0 Å². The molecule has 0 atom stereocenters. The van der Waals surface area contributed by atoms with Crippen molar-refractivity contribution >= 4 is 17.5 Å². The fourth-order valence-electron chi connectivity index (χ4n) is 1.28. The quantitative estimate of drug-likeness (QED) is 0.766. The van der Waals surface area contributed by atoms with E-state index in [9.17, 15) is 9.59 Å². The summed E-state index contributed by atoms with van der Waals surface area (Å²) in [5.41, 5.74) is 2.08. The lowest BCUT2D eigenvalue weighted by Gasteiger charge is -2.07. The Morgan fingerprint density at radius 2 is 1.93 bits per heavy atom. The van der Waals surface area contributed by atoms with Gasteiger partial charge in [-0.25, -0.2) is 0 Å². The minimum atomic E-state index is -0.153. The van der Waals surface area contributed by atoms with Gasteiger partial charge in [-0.15, -0.1) is 0 Å². The Labute approximate surface area is 88.7 Å². The van der Waals surface area contributed by atoms with E-state index >= 15 is 0 Å². The molecule has 4 heteroatoms. The van der Waals surface area contributed by atoms with Gasteiger partial charge in [0, 0.05) is 25.2 Å². The van der Waals surface area contributed by atoms with Crippen molar-refractivity contribution in [1.82, 2.24) is 5.32 Å². The number of nitrogens with one attached hydrogen (secondary N) is 2. The highest BCUT2D eigenvalue weighted by Gasteiger charge is 2.08. The molecule has 1 rings (SSSR count). The predicted octanol–water partition coefficient (Wildman–Crippen LogP) is 1.31. The van der Waals surface area contributed by atoms with Crippen LogP contribution in [0.4, 0.5) is 5.69 Å². The number of benzene rings is 1. The topological polar surface area (TPSA) is 58.2 Å². The van der Waals surface area contributed by atoms with Gasteiger partial charge in [0.15, 0.2) is 0 Å². The third-order valence-corrected chi connectivity index (χ3v) is 2.03. The van der Waals surface area contributed by atoms with Crippen LogP contribution in [0.1, 0.15) is 22.8 Å². The van der Waals surface area contributed by atoms with Gasteiger partial charge in [0.05, 0.1) is 0 Å². The van der Waals surface area contributed by atoms with Gasteiger partial charge in [-0.2, -0.15) is 0 Å². The van der Waals surface area contributed by atoms with E-state index in [1.165, 1.54) is 6.92 Å². The Kier molecular flexibility index (Phi) is 3.44. The zero-order chi connectivity index (χ0) is 11.4. The summed E-state index contributed by atoms with van der Waals surface area (Å²) in [6.07, 6.45) is 0. The average Bonchev–Trinajstić information content (AvgIpc) is 2.19. The van der Waals surface area contributed by atoms with Crippen LogP contribution in [0, 0.1) is 6.92 Å². The second-order valence-electron chi connectivity index (χ2n) is 3.29. The Balaban J connectivity index is 3.05. The lowest BCUT2D eigenvalue weighted by atomic mass is 10.1. The Morgan fingerprint density at radius 1 is 1.27 bits per heavy atom. The summed E-state index contributed by atoms with van der Waals surface area (Å²) in [7, 11) is 1.58. The van der Waals surface area contributed by atoms with Crippen LogP contribution in [0.25, 0.3) is 0 Å². The SMILES string of the molecule is CNC(=O)c1cc(NC(C)=O)ccc1C. The first-order valence-electron chi connectivity index (χ1n) is 4.65. The van der Waals surface area contributed by atoms with E-state index in [4.69, 9.17) is 0 Å². The molecular formula is C11H14N2O2. The van der Waals surface area contributed by atoms with Gasteiger partial charge in [0.2, 0.25) is 5.91 Å². The lowest BCUT2D eigenvalue weighted by molar-refractivity contribution is -0.114. The molecule has 0 saturated carbocycles. The monoisotopic (exact) mass is 206 g/mol. The van der Waals surface area contributed by atoms with Crippen molar-refractivity contribution < 1.29 is 9.59 Å². The van der Waals surface area contributed by atoms with Crippen LogP contribution in [0.2, 0.25) is 0 Å². The molecular weight excluding hydrogens is 192 g/mol. The molecule has 0 radical (unpaired) electrons. The summed E-state index contributed by atoms with van der Waals surface area (Å²) >= 11 is 0. The Morgan fingerprint density at radius 3 is 2.47 bits per heavy atom. The van der Waals surface area contributed by atoms with Crippen LogP contribution in [0.3, 0.4) is 0 Å². The smallest absolute Gasteiger partial charge is 0.251 e. The standard InChI is InChI=1S/C11H14N2O2/c1-7-4-5-9(13-8(2)14)6-10(7)11(15)12-3/h4-6H,1-3H3,(H,12,15)(H,13,14). The lowest BCUT2D eigenvalue weighted by Crippen LogP contribution is -2.19. The summed E-state index contributed by atoms with van der Waals surface area (Å²) in [5.74, 6) is -0.304. The maximum absolute atomic E-state index is 11.4. The van der Waals surface area contributed by atoms with E-state index in [1.807, 2.05) is 6.92 Å². The molecule has 2 N–H and O–H groups in total. The van der Waals surface area contributed by atoms with Crippen LogP contribution in [0.15, 0.2) is 18.2 Å². The minimum absolute atomic E-state index is 0.151. The van der Waals surface area contributed by atoms with Crippen LogP contribution < -0.4 is 10.6 Å². The average molecular weight is 206 g/mol. The van der Waals surface area contributed by atoms with Gasteiger partial charge in [0.25, 0.3) is 5.91 Å². The maximum atomic E-state index is 11.4. The fraction of sp³-hybridized carbons (Fsp3) is 0.273. The highest BCUT2D eigenvalue weighted by Crippen LogP contribution is 2.15. The van der Waals surface area contributed by atoms with Crippen molar-refractivity contribution in [2.24, 2.45) is 0 Å². The van der Waals surface area contributed by atoms with Crippen LogP contribution >= 0.6 is 0 Å². The van der Waals surface area contributed by atoms with Gasteiger partial charge in [0.1, 0.15) is 0 Å². The van der Waals surface area contributed by atoms with Crippen LogP contribution in [-0.4, -0.2) is 18.9 Å². The third kappa shape index (κ3) is 2.80. The molecule has 80 valence electrons. The van der Waals surface area contributed by atoms with E-state index in [2.05, 4.69) is 10.6 Å². The largest absolute Gasteiger partial charge is 0.355 e. The van der Waals surface area contributed by atoms with Crippen LogP contribution in [-0.2, 0) is 4.79 Å². The molecule has 0 bridgehead atoms. The first-order valence-corrected chi connectivity index (χ1v) is 4.65. The van der Waals surface area contributed by atoms with E-state index < -0.39 is 0 Å². The Bertz CT molecular complexity index is 400. The van der Waals surface area contributed by atoms with E-state index in [1.54, 1.807) is 25.2 Å². The molecule has 0 unspecified atom stereocenters. The molecule has 0 aliphatic heterocycles. The number of amides is 2. The second-order valence-corrected chi connectivity index (χ2v) is 3.29. The molecule has 0 saturated heterocycles. The van der Waals surface area contributed by atoms with Gasteiger partial charge in [-0.05, 0) is 24.6 Å². The van der Waals surface area contributed by atoms with Crippen molar-refractivity contribution in [1.29, 1.82) is 0 Å². The Hall–Kier alpha value is -1.84. The van der Waals surface area contributed by atoms with Crippen molar-refractivity contribution in [2.75, 3.05) is 12.4 Å². The predicted molar refractivity (Wildman–Crippen MR) is 58.9 cm³/mol. The molecule has 15 heavy (non-hydrogen) atoms. The number of hydrogen-bond acceptors (Lipinski definition) is 2. The first kappa shape index (κ1) is 11.2. The van der Waals surface area contributed by atoms with Crippen molar-refractivity contribution in [2.45, 2.75) is 13.8 Å². The summed E-state index contributed by atoms with van der Waals surface area (Å²) in [6, 6.07) is 5.23. The number of carbonyl (C=O) groups is 2. The van der Waals surface area contributed by atoms with Gasteiger partial charge >= 0.3 is 0 Å². The molecule has 0 spiro atoms. The van der Waals surface area contributed by atoms with Gasteiger partial charge < -0.3 is 10.6 Å². The zero-order valence-corrected chi connectivity index (χ0v) is 9.05. The minimum Gasteiger partial charge on any atom is -0.355 e. The van der Waals surface area contributed by atoms with E-state index in [0.29, 0.717) is 11.3 Å². The molecule has 0 heterocycles. The molecule has 4 nitrogen and oxygen atoms in total. The first-order chi connectivity index (χ1) is 7.04. The highest BCUT2D eigenvalue weighted by atomic mass is 16.2. The summed E-state index contributed by atoms with van der Waals surface area (Å²) < 4.78 is 0. The molecule has 2 amide bonds. The molecule has 1 aromatic carbocycles. The van der Waals surface area contributed by atoms with Crippen molar-refractivity contribution in [3.8, 4) is 0 Å². The van der Waals surface area contributed by atoms with E-state index in [0.717, 1.165) is 5.56 Å². The summed E-state index contributed by atoms with van der Waals surface area (Å²) in [5, 5.41) is 5.18. The van der Waals surface area contributed by atoms with Gasteiger partial charge in [-0.3, -0.25) is 9.59 Å². The normalized spacial score (nSPS) is 9.53. The molecule has 0 fully saturated rings. The van der Waals surface area contributed by atoms with Crippen LogP contribution in [0.5, 0.6) is 0 Å². The highest BCUT2D eigenvalue weighted by molar-refractivity contribution is 5.97. The summed E-state index contributed by atoms with van der Waals surface area (Å²) in [6.45, 7) is 3.28. The molecule has 1 aromatic rings. The maximum Gasteiger partial charge on any atom is 0.251 e. The van der Waals surface area contributed by atoms with E-state index in [-0.39, 0.29) is 11.8 Å². The van der Waals surface area contributed by atoms with Crippen molar-refractivity contribution in [3.05, 3.63) is 29.3 Å². The number of hydrogen-bond donors (Lipinski definition) is 2.